The fourth-order valence-corrected chi connectivity index (χ4v) is 1.85. The largest absolute Gasteiger partial charge is 0.389 e. The maximum atomic E-state index is 9.80. The highest BCUT2D eigenvalue weighted by atomic mass is 35.5. The molecule has 2 N–H and O–H groups in total. The third kappa shape index (κ3) is 7.22. The number of aliphatic hydroxyl groups excluding tert-OH is 1. The first-order valence-electron chi connectivity index (χ1n) is 6.96. The standard InChI is InChI=1S/C15H24ClNO3/c1-3-19-8-9-20-11-15(18)10-17-12(2)13-4-6-14(16)7-5-13/h4-7,12,15,17-18H,3,8-11H2,1-2H3/t12-,15?/m0/s1. The molecule has 0 bridgehead atoms. The van der Waals surface area contributed by atoms with E-state index in [0.29, 0.717) is 33.0 Å². The van der Waals surface area contributed by atoms with Gasteiger partial charge in [0, 0.05) is 24.2 Å². The molecule has 114 valence electrons. The molecule has 0 aromatic heterocycles. The maximum absolute atomic E-state index is 9.80. The Morgan fingerprint density at radius 2 is 1.85 bits per heavy atom. The Balaban J connectivity index is 2.16. The predicted molar refractivity (Wildman–Crippen MR) is 81.2 cm³/mol. The minimum Gasteiger partial charge on any atom is -0.389 e. The fraction of sp³-hybridized carbons (Fsp3) is 0.600. The van der Waals surface area contributed by atoms with Crippen LogP contribution in [0.1, 0.15) is 25.5 Å². The molecule has 0 saturated carbocycles. The van der Waals surface area contributed by atoms with Crippen molar-refractivity contribution in [3.05, 3.63) is 34.9 Å². The van der Waals surface area contributed by atoms with Crippen molar-refractivity contribution in [2.24, 2.45) is 0 Å². The predicted octanol–water partition coefficient (Wildman–Crippen LogP) is 2.40. The van der Waals surface area contributed by atoms with Crippen LogP contribution in [0.2, 0.25) is 5.02 Å². The Bertz CT molecular complexity index is 359. The first-order valence-corrected chi connectivity index (χ1v) is 7.33. The summed E-state index contributed by atoms with van der Waals surface area (Å²) in [6, 6.07) is 7.84. The van der Waals surface area contributed by atoms with Gasteiger partial charge in [-0.1, -0.05) is 23.7 Å². The van der Waals surface area contributed by atoms with Gasteiger partial charge in [-0.2, -0.15) is 0 Å². The Morgan fingerprint density at radius 1 is 1.20 bits per heavy atom. The zero-order chi connectivity index (χ0) is 14.8. The van der Waals surface area contributed by atoms with E-state index in [4.69, 9.17) is 21.1 Å². The van der Waals surface area contributed by atoms with E-state index in [1.54, 1.807) is 0 Å². The second-order valence-electron chi connectivity index (χ2n) is 4.61. The van der Waals surface area contributed by atoms with Crippen LogP contribution in [0.25, 0.3) is 0 Å². The molecule has 0 fully saturated rings. The van der Waals surface area contributed by atoms with E-state index in [1.165, 1.54) is 0 Å². The first kappa shape index (κ1) is 17.4. The quantitative estimate of drug-likeness (QED) is 0.652. The van der Waals surface area contributed by atoms with Crippen molar-refractivity contribution in [2.45, 2.75) is 26.0 Å². The van der Waals surface area contributed by atoms with Gasteiger partial charge in [-0.3, -0.25) is 0 Å². The molecule has 0 radical (unpaired) electrons. The normalized spacial score (nSPS) is 14.2. The molecule has 1 rings (SSSR count). The fourth-order valence-electron chi connectivity index (χ4n) is 1.72. The van der Waals surface area contributed by atoms with Crippen LogP contribution in [0.4, 0.5) is 0 Å². The van der Waals surface area contributed by atoms with Crippen LogP contribution in [0.15, 0.2) is 24.3 Å². The van der Waals surface area contributed by atoms with E-state index < -0.39 is 6.10 Å². The molecule has 1 aromatic carbocycles. The van der Waals surface area contributed by atoms with Crippen LogP contribution >= 0.6 is 11.6 Å². The average Bonchev–Trinajstić information content (AvgIpc) is 2.45. The van der Waals surface area contributed by atoms with Crippen molar-refractivity contribution in [2.75, 3.05) is 33.0 Å². The number of nitrogens with one attached hydrogen (secondary N) is 1. The Kier molecular flexibility index (Phi) is 8.82. The molecule has 4 nitrogen and oxygen atoms in total. The van der Waals surface area contributed by atoms with Crippen LogP contribution in [0, 0.1) is 0 Å². The van der Waals surface area contributed by atoms with Gasteiger partial charge < -0.3 is 19.9 Å². The zero-order valence-corrected chi connectivity index (χ0v) is 12.9. The molecule has 1 aromatic rings. The molecule has 0 aliphatic rings. The van der Waals surface area contributed by atoms with Crippen molar-refractivity contribution < 1.29 is 14.6 Å². The van der Waals surface area contributed by atoms with Crippen molar-refractivity contribution in [1.82, 2.24) is 5.32 Å². The van der Waals surface area contributed by atoms with Crippen molar-refractivity contribution in [3.63, 3.8) is 0 Å². The van der Waals surface area contributed by atoms with Crippen LogP contribution in [0.3, 0.4) is 0 Å². The van der Waals surface area contributed by atoms with Crippen molar-refractivity contribution in [1.29, 1.82) is 0 Å². The van der Waals surface area contributed by atoms with E-state index in [1.807, 2.05) is 38.1 Å². The van der Waals surface area contributed by atoms with E-state index >= 15 is 0 Å². The lowest BCUT2D eigenvalue weighted by Crippen LogP contribution is -2.32. The Hall–Kier alpha value is -0.650. The summed E-state index contributed by atoms with van der Waals surface area (Å²) < 4.78 is 10.5. The SMILES string of the molecule is CCOCCOCC(O)CN[C@@H](C)c1ccc(Cl)cc1. The number of ether oxygens (including phenoxy) is 2. The molecule has 0 amide bonds. The summed E-state index contributed by atoms with van der Waals surface area (Å²) in [6.07, 6.45) is -0.522. The zero-order valence-electron chi connectivity index (χ0n) is 12.1. The van der Waals surface area contributed by atoms with Crippen LogP contribution in [-0.4, -0.2) is 44.2 Å². The van der Waals surface area contributed by atoms with E-state index in [9.17, 15) is 5.11 Å². The molecule has 20 heavy (non-hydrogen) atoms. The van der Waals surface area contributed by atoms with Gasteiger partial charge in [0.1, 0.15) is 0 Å². The smallest absolute Gasteiger partial charge is 0.0897 e. The summed E-state index contributed by atoms with van der Waals surface area (Å²) in [5, 5.41) is 13.8. The number of halogens is 1. The lowest BCUT2D eigenvalue weighted by atomic mass is 10.1. The molecule has 0 aliphatic heterocycles. The van der Waals surface area contributed by atoms with Gasteiger partial charge in [0.25, 0.3) is 0 Å². The lowest BCUT2D eigenvalue weighted by molar-refractivity contribution is 0.00586. The van der Waals surface area contributed by atoms with Crippen LogP contribution in [-0.2, 0) is 9.47 Å². The number of aliphatic hydroxyl groups is 1. The molecule has 0 saturated heterocycles. The van der Waals surface area contributed by atoms with Gasteiger partial charge in [0.05, 0.1) is 25.9 Å². The second kappa shape index (κ2) is 10.1. The van der Waals surface area contributed by atoms with Crippen LogP contribution < -0.4 is 5.32 Å². The summed E-state index contributed by atoms with van der Waals surface area (Å²) in [7, 11) is 0. The van der Waals surface area contributed by atoms with Gasteiger partial charge >= 0.3 is 0 Å². The van der Waals surface area contributed by atoms with Gasteiger partial charge in [-0.25, -0.2) is 0 Å². The summed E-state index contributed by atoms with van der Waals surface area (Å²) in [5.74, 6) is 0. The first-order chi connectivity index (χ1) is 9.63. The van der Waals surface area contributed by atoms with E-state index in [2.05, 4.69) is 5.32 Å². The van der Waals surface area contributed by atoms with E-state index in [0.717, 1.165) is 10.6 Å². The number of hydrogen-bond acceptors (Lipinski definition) is 4. The average molecular weight is 302 g/mol. The van der Waals surface area contributed by atoms with Crippen LogP contribution in [0.5, 0.6) is 0 Å². The minimum atomic E-state index is -0.522. The number of hydrogen-bond donors (Lipinski definition) is 2. The maximum Gasteiger partial charge on any atom is 0.0897 e. The second-order valence-corrected chi connectivity index (χ2v) is 5.04. The highest BCUT2D eigenvalue weighted by Gasteiger charge is 2.08. The molecule has 1 unspecified atom stereocenters. The molecule has 0 aliphatic carbocycles. The van der Waals surface area contributed by atoms with Gasteiger partial charge in [0.2, 0.25) is 0 Å². The summed E-state index contributed by atoms with van der Waals surface area (Å²) >= 11 is 5.85. The molecule has 5 heteroatoms. The summed E-state index contributed by atoms with van der Waals surface area (Å²) in [4.78, 5) is 0. The van der Waals surface area contributed by atoms with Gasteiger partial charge in [-0.05, 0) is 31.5 Å². The molecular formula is C15H24ClNO3. The van der Waals surface area contributed by atoms with Gasteiger partial charge in [-0.15, -0.1) is 0 Å². The summed E-state index contributed by atoms with van der Waals surface area (Å²) in [5.41, 5.74) is 1.14. The number of benzene rings is 1. The molecule has 2 atom stereocenters. The van der Waals surface area contributed by atoms with Gasteiger partial charge in [0.15, 0.2) is 0 Å². The third-order valence-electron chi connectivity index (χ3n) is 2.92. The third-order valence-corrected chi connectivity index (χ3v) is 3.17. The monoisotopic (exact) mass is 301 g/mol. The molecular weight excluding hydrogens is 278 g/mol. The lowest BCUT2D eigenvalue weighted by Gasteiger charge is -2.17. The Morgan fingerprint density at radius 3 is 2.50 bits per heavy atom. The van der Waals surface area contributed by atoms with Crippen molar-refractivity contribution >= 4 is 11.6 Å². The highest BCUT2D eigenvalue weighted by molar-refractivity contribution is 6.30. The highest BCUT2D eigenvalue weighted by Crippen LogP contribution is 2.15. The summed E-state index contributed by atoms with van der Waals surface area (Å²) in [6.45, 7) is 6.55. The topological polar surface area (TPSA) is 50.7 Å². The molecule has 0 heterocycles. The number of rotatable bonds is 10. The van der Waals surface area contributed by atoms with E-state index in [-0.39, 0.29) is 6.04 Å². The Labute approximate surface area is 126 Å². The minimum absolute atomic E-state index is 0.158. The van der Waals surface area contributed by atoms with Crippen molar-refractivity contribution in [3.8, 4) is 0 Å². The molecule has 0 spiro atoms.